The van der Waals surface area contributed by atoms with Crippen molar-refractivity contribution >= 4 is 56.3 Å². The Labute approximate surface area is 130 Å². The summed E-state index contributed by atoms with van der Waals surface area (Å²) in [6.07, 6.45) is 0.968. The molecule has 0 aliphatic rings. The molecular weight excluding hydrogens is 313 g/mol. The van der Waals surface area contributed by atoms with E-state index >= 15 is 0 Å². The molecule has 0 fully saturated rings. The number of nitrogens with zero attached hydrogens (tertiary/aromatic N) is 2. The number of aryl methyl sites for hydroxylation is 1. The number of thiophene rings is 1. The smallest absolute Gasteiger partial charge is 0.225 e. The number of aromatic nitrogens is 2. The van der Waals surface area contributed by atoms with Gasteiger partial charge in [0.1, 0.15) is 10.6 Å². The van der Waals surface area contributed by atoms with Crippen LogP contribution in [0.4, 0.5) is 11.5 Å². The van der Waals surface area contributed by atoms with Crippen molar-refractivity contribution in [3.05, 3.63) is 45.5 Å². The molecule has 0 radical (unpaired) electrons. The molecular formula is C14H11Cl2N3S. The lowest BCUT2D eigenvalue weighted by atomic mass is 10.3. The Morgan fingerprint density at radius 2 is 2.05 bits per heavy atom. The first-order chi connectivity index (χ1) is 9.65. The van der Waals surface area contributed by atoms with Crippen LogP contribution in [0.15, 0.2) is 30.3 Å². The zero-order chi connectivity index (χ0) is 14.1. The van der Waals surface area contributed by atoms with E-state index in [-0.39, 0.29) is 5.28 Å². The first-order valence-electron chi connectivity index (χ1n) is 6.14. The van der Waals surface area contributed by atoms with Gasteiger partial charge in [0, 0.05) is 15.6 Å². The van der Waals surface area contributed by atoms with Crippen LogP contribution in [-0.4, -0.2) is 9.97 Å². The predicted octanol–water partition coefficient (Wildman–Crippen LogP) is 5.30. The fourth-order valence-electron chi connectivity index (χ4n) is 1.92. The Bertz CT molecular complexity index is 770. The molecule has 0 bridgehead atoms. The van der Waals surface area contributed by atoms with E-state index in [1.54, 1.807) is 11.3 Å². The van der Waals surface area contributed by atoms with Crippen molar-refractivity contribution in [2.45, 2.75) is 13.3 Å². The molecule has 0 amide bonds. The number of hydrogen-bond acceptors (Lipinski definition) is 4. The Morgan fingerprint density at radius 1 is 1.20 bits per heavy atom. The number of rotatable bonds is 3. The average Bonchev–Trinajstić information content (AvgIpc) is 2.82. The van der Waals surface area contributed by atoms with Crippen LogP contribution in [0.3, 0.4) is 0 Å². The minimum absolute atomic E-state index is 0.242. The molecule has 20 heavy (non-hydrogen) atoms. The summed E-state index contributed by atoms with van der Waals surface area (Å²) in [5.41, 5.74) is 0.873. The number of anilines is 2. The van der Waals surface area contributed by atoms with Gasteiger partial charge in [-0.2, -0.15) is 4.98 Å². The van der Waals surface area contributed by atoms with Crippen molar-refractivity contribution in [1.29, 1.82) is 0 Å². The Kier molecular flexibility index (Phi) is 3.78. The number of fused-ring (bicyclic) bond motifs is 1. The molecule has 3 rings (SSSR count). The molecule has 0 aliphatic heterocycles. The molecule has 2 heterocycles. The fraction of sp³-hybridized carbons (Fsp3) is 0.143. The highest BCUT2D eigenvalue weighted by Crippen LogP contribution is 2.32. The first kappa shape index (κ1) is 13.6. The lowest BCUT2D eigenvalue weighted by Crippen LogP contribution is -1.95. The van der Waals surface area contributed by atoms with Crippen molar-refractivity contribution < 1.29 is 0 Å². The van der Waals surface area contributed by atoms with Crippen molar-refractivity contribution in [3.63, 3.8) is 0 Å². The van der Waals surface area contributed by atoms with Crippen molar-refractivity contribution in [2.24, 2.45) is 0 Å². The van der Waals surface area contributed by atoms with Gasteiger partial charge in [0.25, 0.3) is 0 Å². The summed E-state index contributed by atoms with van der Waals surface area (Å²) >= 11 is 13.6. The standard InChI is InChI=1S/C14H11Cl2N3S/c1-2-10-7-11-12(18-14(16)19-13(11)20-10)17-9-5-3-4-8(15)6-9/h3-7H,2H2,1H3,(H,17,18,19). The third kappa shape index (κ3) is 2.73. The fourth-order valence-corrected chi connectivity index (χ4v) is 3.29. The van der Waals surface area contributed by atoms with Gasteiger partial charge in [-0.25, -0.2) is 4.98 Å². The Balaban J connectivity index is 2.08. The Hall–Kier alpha value is -1.36. The molecule has 3 nitrogen and oxygen atoms in total. The number of hydrogen-bond donors (Lipinski definition) is 1. The lowest BCUT2D eigenvalue weighted by molar-refractivity contribution is 1.19. The second-order valence-corrected chi connectivity index (χ2v) is 6.15. The Morgan fingerprint density at radius 3 is 2.80 bits per heavy atom. The highest BCUT2D eigenvalue weighted by Gasteiger charge is 2.11. The van der Waals surface area contributed by atoms with Gasteiger partial charge in [0.15, 0.2) is 0 Å². The van der Waals surface area contributed by atoms with Crippen LogP contribution in [0.1, 0.15) is 11.8 Å². The molecule has 1 aromatic carbocycles. The minimum Gasteiger partial charge on any atom is -0.339 e. The van der Waals surface area contributed by atoms with Crippen molar-refractivity contribution in [2.75, 3.05) is 5.32 Å². The quantitative estimate of drug-likeness (QED) is 0.664. The summed E-state index contributed by atoms with van der Waals surface area (Å²) in [6.45, 7) is 2.11. The van der Waals surface area contributed by atoms with Crippen LogP contribution < -0.4 is 5.32 Å². The zero-order valence-corrected chi connectivity index (χ0v) is 13.0. The summed E-state index contributed by atoms with van der Waals surface area (Å²) in [4.78, 5) is 10.7. The first-order valence-corrected chi connectivity index (χ1v) is 7.71. The second-order valence-electron chi connectivity index (χ2n) is 4.26. The highest BCUT2D eigenvalue weighted by atomic mass is 35.5. The predicted molar refractivity (Wildman–Crippen MR) is 86.5 cm³/mol. The third-order valence-corrected chi connectivity index (χ3v) is 4.43. The maximum atomic E-state index is 5.99. The summed E-state index contributed by atoms with van der Waals surface area (Å²) in [5.74, 6) is 0.707. The van der Waals surface area contributed by atoms with E-state index in [1.807, 2.05) is 24.3 Å². The molecule has 0 saturated carbocycles. The van der Waals surface area contributed by atoms with E-state index in [1.165, 1.54) is 4.88 Å². The topological polar surface area (TPSA) is 37.8 Å². The molecule has 0 unspecified atom stereocenters. The van der Waals surface area contributed by atoms with Gasteiger partial charge >= 0.3 is 0 Å². The zero-order valence-electron chi connectivity index (χ0n) is 10.7. The lowest BCUT2D eigenvalue weighted by Gasteiger charge is -2.07. The molecule has 6 heteroatoms. The normalized spacial score (nSPS) is 10.9. The number of benzene rings is 1. The largest absolute Gasteiger partial charge is 0.339 e. The van der Waals surface area contributed by atoms with Gasteiger partial charge in [0.05, 0.1) is 5.39 Å². The van der Waals surface area contributed by atoms with E-state index in [2.05, 4.69) is 28.3 Å². The van der Waals surface area contributed by atoms with Gasteiger partial charge in [-0.3, -0.25) is 0 Å². The third-order valence-electron chi connectivity index (χ3n) is 2.85. The van der Waals surface area contributed by atoms with Crippen LogP contribution in [-0.2, 0) is 6.42 Å². The van der Waals surface area contributed by atoms with E-state index < -0.39 is 0 Å². The van der Waals surface area contributed by atoms with E-state index in [9.17, 15) is 0 Å². The van der Waals surface area contributed by atoms with E-state index in [4.69, 9.17) is 23.2 Å². The molecule has 0 atom stereocenters. The molecule has 3 aromatic rings. The van der Waals surface area contributed by atoms with Gasteiger partial charge in [-0.05, 0) is 42.3 Å². The maximum Gasteiger partial charge on any atom is 0.225 e. The van der Waals surface area contributed by atoms with Crippen LogP contribution >= 0.6 is 34.5 Å². The summed E-state index contributed by atoms with van der Waals surface area (Å²) in [5, 5.41) is 5.15. The molecule has 0 spiro atoms. The van der Waals surface area contributed by atoms with E-state index in [0.717, 1.165) is 22.3 Å². The average molecular weight is 324 g/mol. The molecule has 1 N–H and O–H groups in total. The molecule has 2 aromatic heterocycles. The summed E-state index contributed by atoms with van der Waals surface area (Å²) < 4.78 is 0. The molecule has 102 valence electrons. The van der Waals surface area contributed by atoms with Crippen LogP contribution in [0.25, 0.3) is 10.2 Å². The van der Waals surface area contributed by atoms with Crippen LogP contribution in [0.5, 0.6) is 0 Å². The second kappa shape index (κ2) is 5.56. The molecule has 0 aliphatic carbocycles. The monoisotopic (exact) mass is 323 g/mol. The van der Waals surface area contributed by atoms with Gasteiger partial charge in [-0.15, -0.1) is 11.3 Å². The van der Waals surface area contributed by atoms with Gasteiger partial charge in [-0.1, -0.05) is 24.6 Å². The van der Waals surface area contributed by atoms with Crippen LogP contribution in [0, 0.1) is 0 Å². The number of halogens is 2. The maximum absolute atomic E-state index is 5.99. The van der Waals surface area contributed by atoms with Gasteiger partial charge in [0.2, 0.25) is 5.28 Å². The van der Waals surface area contributed by atoms with E-state index in [0.29, 0.717) is 10.8 Å². The van der Waals surface area contributed by atoms with Crippen molar-refractivity contribution in [3.8, 4) is 0 Å². The minimum atomic E-state index is 0.242. The molecule has 0 saturated heterocycles. The van der Waals surface area contributed by atoms with Crippen LogP contribution in [0.2, 0.25) is 10.3 Å². The SMILES string of the molecule is CCc1cc2c(Nc3cccc(Cl)c3)nc(Cl)nc2s1. The van der Waals surface area contributed by atoms with Gasteiger partial charge < -0.3 is 5.32 Å². The summed E-state index contributed by atoms with van der Waals surface area (Å²) in [6, 6.07) is 9.59. The van der Waals surface area contributed by atoms with Crippen molar-refractivity contribution in [1.82, 2.24) is 9.97 Å². The number of nitrogens with one attached hydrogen (secondary N) is 1. The highest BCUT2D eigenvalue weighted by molar-refractivity contribution is 7.18. The summed E-state index contributed by atoms with van der Waals surface area (Å²) in [7, 11) is 0.